The van der Waals surface area contributed by atoms with Crippen LogP contribution in [-0.4, -0.2) is 27.3 Å². The van der Waals surface area contributed by atoms with Crippen LogP contribution < -0.4 is 5.73 Å². The molecule has 4 N–H and O–H groups in total. The van der Waals surface area contributed by atoms with Gasteiger partial charge in [-0.3, -0.25) is 14.8 Å². The number of aliphatic hydroxyl groups excluding tert-OH is 1. The third-order valence-electron chi connectivity index (χ3n) is 3.02. The van der Waals surface area contributed by atoms with Gasteiger partial charge in [0.25, 0.3) is 0 Å². The molecule has 0 unspecified atom stereocenters. The number of aromatic nitrogens is 1. The first-order chi connectivity index (χ1) is 10.0. The summed E-state index contributed by atoms with van der Waals surface area (Å²) in [6.45, 7) is 1.41. The summed E-state index contributed by atoms with van der Waals surface area (Å²) < 4.78 is 0. The maximum atomic E-state index is 11.0. The van der Waals surface area contributed by atoms with Gasteiger partial charge in [-0.2, -0.15) is 0 Å². The van der Waals surface area contributed by atoms with Crippen molar-refractivity contribution in [2.75, 3.05) is 0 Å². The summed E-state index contributed by atoms with van der Waals surface area (Å²) in [7, 11) is 0. The summed E-state index contributed by atoms with van der Waals surface area (Å²) in [5.74, 6) is -0.519. The molecule has 21 heavy (non-hydrogen) atoms. The van der Waals surface area contributed by atoms with E-state index in [0.29, 0.717) is 28.1 Å². The molecule has 1 aromatic heterocycles. The Labute approximate surface area is 121 Å². The number of amides is 1. The number of aliphatic imine (C=N–C) groups is 1. The van der Waals surface area contributed by atoms with Crippen LogP contribution in [0.3, 0.4) is 0 Å². The van der Waals surface area contributed by atoms with Crippen molar-refractivity contribution < 1.29 is 15.0 Å². The largest absolute Gasteiger partial charge is 0.505 e. The molecule has 2 rings (SSSR count). The lowest BCUT2D eigenvalue weighted by Crippen LogP contribution is -2.10. The van der Waals surface area contributed by atoms with Crippen molar-refractivity contribution in [1.82, 2.24) is 4.98 Å². The third-order valence-corrected chi connectivity index (χ3v) is 3.02. The fourth-order valence-corrected chi connectivity index (χ4v) is 1.77. The van der Waals surface area contributed by atoms with Crippen molar-refractivity contribution >= 4 is 17.8 Å². The summed E-state index contributed by atoms with van der Waals surface area (Å²) >= 11 is 0. The molecule has 2 aromatic rings. The van der Waals surface area contributed by atoms with Crippen molar-refractivity contribution in [3.05, 3.63) is 52.8 Å². The number of pyridine rings is 1. The van der Waals surface area contributed by atoms with Gasteiger partial charge in [0.05, 0.1) is 18.0 Å². The van der Waals surface area contributed by atoms with E-state index >= 15 is 0 Å². The molecule has 0 bridgehead atoms. The molecule has 0 aliphatic carbocycles. The molecule has 0 aliphatic heterocycles. The van der Waals surface area contributed by atoms with Crippen LogP contribution in [0.4, 0.5) is 5.69 Å². The van der Waals surface area contributed by atoms with E-state index in [2.05, 4.69) is 9.98 Å². The highest BCUT2D eigenvalue weighted by atomic mass is 16.3. The first-order valence-electron chi connectivity index (χ1n) is 6.25. The number of benzene rings is 1. The number of rotatable bonds is 4. The van der Waals surface area contributed by atoms with Crippen LogP contribution in [0.5, 0.6) is 5.75 Å². The highest BCUT2D eigenvalue weighted by molar-refractivity contribution is 5.93. The van der Waals surface area contributed by atoms with E-state index in [1.807, 2.05) is 0 Å². The number of hydrogen-bond acceptors (Lipinski definition) is 5. The van der Waals surface area contributed by atoms with Gasteiger partial charge >= 0.3 is 0 Å². The van der Waals surface area contributed by atoms with Crippen LogP contribution in [0.1, 0.15) is 27.2 Å². The molecule has 0 spiro atoms. The Kier molecular flexibility index (Phi) is 4.30. The number of carbonyl (C=O) groups excluding carboxylic acids is 1. The first kappa shape index (κ1) is 14.7. The summed E-state index contributed by atoms with van der Waals surface area (Å²) in [6, 6.07) is 6.42. The number of aromatic hydroxyl groups is 1. The first-order valence-corrected chi connectivity index (χ1v) is 6.25. The summed E-state index contributed by atoms with van der Waals surface area (Å²) in [6.07, 6.45) is 2.95. The maximum absolute atomic E-state index is 11.0. The summed E-state index contributed by atoms with van der Waals surface area (Å²) in [5, 5.41) is 19.2. The minimum absolute atomic E-state index is 0.0148. The van der Waals surface area contributed by atoms with Crippen molar-refractivity contribution in [3.8, 4) is 5.75 Å². The Morgan fingerprint density at radius 2 is 2.05 bits per heavy atom. The summed E-state index contributed by atoms with van der Waals surface area (Å²) in [5.41, 5.74) is 7.51. The van der Waals surface area contributed by atoms with E-state index < -0.39 is 5.91 Å². The highest BCUT2D eigenvalue weighted by Gasteiger charge is 2.09. The minimum atomic E-state index is -0.504. The fourth-order valence-electron chi connectivity index (χ4n) is 1.77. The second kappa shape index (κ2) is 6.15. The molecule has 0 fully saturated rings. The van der Waals surface area contributed by atoms with Crippen LogP contribution >= 0.6 is 0 Å². The molecule has 0 radical (unpaired) electrons. The molecule has 0 saturated heterocycles. The topological polar surface area (TPSA) is 109 Å². The molecule has 0 saturated carbocycles. The smallest absolute Gasteiger partial charge is 0.248 e. The molecular weight excluding hydrogens is 270 g/mol. The van der Waals surface area contributed by atoms with Crippen LogP contribution in [-0.2, 0) is 6.61 Å². The second-order valence-electron chi connectivity index (χ2n) is 4.46. The van der Waals surface area contributed by atoms with E-state index in [0.717, 1.165) is 0 Å². The van der Waals surface area contributed by atoms with Gasteiger partial charge in [-0.15, -0.1) is 0 Å². The lowest BCUT2D eigenvalue weighted by atomic mass is 10.1. The monoisotopic (exact) mass is 285 g/mol. The van der Waals surface area contributed by atoms with Gasteiger partial charge in [0.1, 0.15) is 5.75 Å². The maximum Gasteiger partial charge on any atom is 0.248 e. The number of nitrogens with zero attached hydrogens (tertiary/aromatic N) is 2. The molecule has 0 aliphatic rings. The standard InChI is InChI=1S/C15H15N3O3/c1-9-14(20)13(11(8-19)6-17-9)7-18-12-4-2-10(3-5-12)15(16)21/h2-7,19-20H,8H2,1H3,(H2,16,21). The van der Waals surface area contributed by atoms with E-state index in [1.165, 1.54) is 12.4 Å². The van der Waals surface area contributed by atoms with Gasteiger partial charge in [-0.25, -0.2) is 0 Å². The minimum Gasteiger partial charge on any atom is -0.505 e. The van der Waals surface area contributed by atoms with Gasteiger partial charge < -0.3 is 15.9 Å². The number of aryl methyl sites for hydroxylation is 1. The summed E-state index contributed by atoms with van der Waals surface area (Å²) in [4.78, 5) is 19.2. The molecule has 108 valence electrons. The number of primary amides is 1. The zero-order valence-electron chi connectivity index (χ0n) is 11.4. The molecule has 6 nitrogen and oxygen atoms in total. The Hall–Kier alpha value is -2.73. The Morgan fingerprint density at radius 3 is 2.62 bits per heavy atom. The molecule has 1 heterocycles. The fraction of sp³-hybridized carbons (Fsp3) is 0.133. The van der Waals surface area contributed by atoms with Gasteiger partial charge in [0.2, 0.25) is 5.91 Å². The van der Waals surface area contributed by atoms with Crippen LogP contribution in [0.15, 0.2) is 35.5 Å². The average molecular weight is 285 g/mol. The quantitative estimate of drug-likeness (QED) is 0.738. The Morgan fingerprint density at radius 1 is 1.38 bits per heavy atom. The van der Waals surface area contributed by atoms with E-state index in [1.54, 1.807) is 31.2 Å². The van der Waals surface area contributed by atoms with Crippen LogP contribution in [0, 0.1) is 6.92 Å². The second-order valence-corrected chi connectivity index (χ2v) is 4.46. The van der Waals surface area contributed by atoms with E-state index in [-0.39, 0.29) is 12.4 Å². The van der Waals surface area contributed by atoms with Gasteiger partial charge in [0, 0.05) is 29.1 Å². The van der Waals surface area contributed by atoms with Crippen molar-refractivity contribution in [1.29, 1.82) is 0 Å². The lowest BCUT2D eigenvalue weighted by molar-refractivity contribution is 0.100. The Balaban J connectivity index is 2.33. The normalized spacial score (nSPS) is 11.0. The van der Waals surface area contributed by atoms with Crippen LogP contribution in [0.25, 0.3) is 0 Å². The van der Waals surface area contributed by atoms with Crippen molar-refractivity contribution in [2.24, 2.45) is 10.7 Å². The molecule has 0 atom stereocenters. The van der Waals surface area contributed by atoms with Gasteiger partial charge in [-0.1, -0.05) is 0 Å². The highest BCUT2D eigenvalue weighted by Crippen LogP contribution is 2.23. The predicted molar refractivity (Wildman–Crippen MR) is 78.8 cm³/mol. The third kappa shape index (κ3) is 3.24. The lowest BCUT2D eigenvalue weighted by Gasteiger charge is -2.07. The van der Waals surface area contributed by atoms with E-state index in [4.69, 9.17) is 5.73 Å². The molecule has 1 amide bonds. The predicted octanol–water partition coefficient (Wildman–Crippen LogP) is 1.44. The zero-order valence-corrected chi connectivity index (χ0v) is 11.4. The molecule has 6 heteroatoms. The zero-order chi connectivity index (χ0) is 15.4. The molecular formula is C15H15N3O3. The van der Waals surface area contributed by atoms with Crippen molar-refractivity contribution in [3.63, 3.8) is 0 Å². The van der Waals surface area contributed by atoms with Gasteiger partial charge in [-0.05, 0) is 31.2 Å². The van der Waals surface area contributed by atoms with Crippen LogP contribution in [0.2, 0.25) is 0 Å². The number of carbonyl (C=O) groups is 1. The molecule has 1 aromatic carbocycles. The number of nitrogens with two attached hydrogens (primary N) is 1. The number of aliphatic hydroxyl groups is 1. The van der Waals surface area contributed by atoms with Gasteiger partial charge in [0.15, 0.2) is 0 Å². The SMILES string of the molecule is Cc1ncc(CO)c(C=Nc2ccc(C(N)=O)cc2)c1O. The Bertz CT molecular complexity index is 694. The average Bonchev–Trinajstić information content (AvgIpc) is 2.49. The number of hydrogen-bond donors (Lipinski definition) is 3. The van der Waals surface area contributed by atoms with E-state index in [9.17, 15) is 15.0 Å². The van der Waals surface area contributed by atoms with Crippen molar-refractivity contribution in [2.45, 2.75) is 13.5 Å².